The second-order valence-electron chi connectivity index (χ2n) is 5.50. The molecule has 0 aliphatic rings. The Hall–Kier alpha value is -2.90. The van der Waals surface area contributed by atoms with Gasteiger partial charge in [-0.3, -0.25) is 4.79 Å². The molecule has 8 heteroatoms. The summed E-state index contributed by atoms with van der Waals surface area (Å²) in [6, 6.07) is 6.07. The second-order valence-corrected chi connectivity index (χ2v) is 5.50. The van der Waals surface area contributed by atoms with Gasteiger partial charge in [0.25, 0.3) is 0 Å². The summed E-state index contributed by atoms with van der Waals surface area (Å²) in [7, 11) is 0. The number of carbonyl (C=O) groups is 2. The van der Waals surface area contributed by atoms with Gasteiger partial charge in [-0.15, -0.1) is 0 Å². The maximum Gasteiger partial charge on any atom is 0.319 e. The van der Waals surface area contributed by atoms with Crippen LogP contribution in [0.5, 0.6) is 0 Å². The first kappa shape index (κ1) is 17.5. The molecular weight excluding hydrogens is 308 g/mol. The van der Waals surface area contributed by atoms with Crippen molar-refractivity contribution in [3.05, 3.63) is 36.7 Å². The maximum absolute atomic E-state index is 12.0. The number of aromatic nitrogens is 3. The van der Waals surface area contributed by atoms with Crippen LogP contribution in [-0.2, 0) is 4.79 Å². The molecule has 0 bridgehead atoms. The topological polar surface area (TPSA) is 101 Å². The van der Waals surface area contributed by atoms with E-state index in [9.17, 15) is 9.59 Å². The van der Waals surface area contributed by atoms with Crippen LogP contribution in [0.4, 0.5) is 10.5 Å². The van der Waals surface area contributed by atoms with E-state index in [1.54, 1.807) is 43.6 Å². The Morgan fingerprint density at radius 3 is 2.29 bits per heavy atom. The van der Waals surface area contributed by atoms with Crippen molar-refractivity contribution in [2.24, 2.45) is 0 Å². The highest BCUT2D eigenvalue weighted by molar-refractivity contribution is 5.93. The minimum atomic E-state index is -0.619. The Kier molecular flexibility index (Phi) is 5.89. The molecule has 2 atom stereocenters. The standard InChI is InChI=1S/C16H22N6O2/c1-4-11(2)19-15(23)12(3)20-16(24)21-13-5-7-14(8-6-13)22-17-9-10-18-22/h5-12H,4H2,1-3H3,(H,19,23)(H2,20,21,24)/t11-,12-/m0/s1. The molecule has 0 saturated carbocycles. The predicted octanol–water partition coefficient (Wildman–Crippen LogP) is 1.69. The summed E-state index contributed by atoms with van der Waals surface area (Å²) in [4.78, 5) is 25.3. The number of anilines is 1. The number of urea groups is 1. The highest BCUT2D eigenvalue weighted by Crippen LogP contribution is 2.11. The van der Waals surface area contributed by atoms with Crippen molar-refractivity contribution in [2.45, 2.75) is 39.3 Å². The fourth-order valence-corrected chi connectivity index (χ4v) is 1.93. The molecule has 1 aromatic carbocycles. The molecule has 128 valence electrons. The van der Waals surface area contributed by atoms with Gasteiger partial charge in [0.05, 0.1) is 18.1 Å². The lowest BCUT2D eigenvalue weighted by atomic mass is 10.2. The number of benzene rings is 1. The van der Waals surface area contributed by atoms with Crippen LogP contribution in [0.3, 0.4) is 0 Å². The normalized spacial score (nSPS) is 13.0. The number of hydrogen-bond acceptors (Lipinski definition) is 4. The van der Waals surface area contributed by atoms with E-state index in [1.807, 2.05) is 13.8 Å². The van der Waals surface area contributed by atoms with Crippen molar-refractivity contribution in [3.8, 4) is 5.69 Å². The van der Waals surface area contributed by atoms with Gasteiger partial charge in [-0.25, -0.2) is 4.79 Å². The number of amides is 3. The predicted molar refractivity (Wildman–Crippen MR) is 90.9 cm³/mol. The molecule has 0 radical (unpaired) electrons. The van der Waals surface area contributed by atoms with E-state index in [0.29, 0.717) is 5.69 Å². The van der Waals surface area contributed by atoms with E-state index in [1.165, 1.54) is 4.80 Å². The lowest BCUT2D eigenvalue weighted by Crippen LogP contribution is -2.48. The molecule has 2 rings (SSSR count). The minimum Gasteiger partial charge on any atom is -0.352 e. The molecule has 3 amide bonds. The molecule has 24 heavy (non-hydrogen) atoms. The zero-order valence-electron chi connectivity index (χ0n) is 14.0. The van der Waals surface area contributed by atoms with Crippen molar-refractivity contribution in [3.63, 3.8) is 0 Å². The number of hydrogen-bond donors (Lipinski definition) is 3. The lowest BCUT2D eigenvalue weighted by Gasteiger charge is -2.17. The third kappa shape index (κ3) is 4.80. The maximum atomic E-state index is 12.0. The lowest BCUT2D eigenvalue weighted by molar-refractivity contribution is -0.123. The minimum absolute atomic E-state index is 0.0771. The van der Waals surface area contributed by atoms with E-state index in [0.717, 1.165) is 12.1 Å². The third-order valence-corrected chi connectivity index (χ3v) is 3.52. The highest BCUT2D eigenvalue weighted by atomic mass is 16.2. The third-order valence-electron chi connectivity index (χ3n) is 3.52. The van der Waals surface area contributed by atoms with Crippen molar-refractivity contribution in [1.82, 2.24) is 25.6 Å². The molecule has 0 aliphatic carbocycles. The number of nitrogens with zero attached hydrogens (tertiary/aromatic N) is 3. The summed E-state index contributed by atoms with van der Waals surface area (Å²) < 4.78 is 0. The average molecular weight is 330 g/mol. The van der Waals surface area contributed by atoms with Crippen molar-refractivity contribution in [2.75, 3.05) is 5.32 Å². The van der Waals surface area contributed by atoms with Gasteiger partial charge in [-0.2, -0.15) is 15.0 Å². The number of rotatable bonds is 6. The summed E-state index contributed by atoms with van der Waals surface area (Å²) in [5, 5.41) is 16.2. The Balaban J connectivity index is 1.87. The summed E-state index contributed by atoms with van der Waals surface area (Å²) in [5.41, 5.74) is 1.39. The van der Waals surface area contributed by atoms with Crippen LogP contribution < -0.4 is 16.0 Å². The zero-order valence-corrected chi connectivity index (χ0v) is 14.0. The van der Waals surface area contributed by atoms with Gasteiger partial charge in [0.15, 0.2) is 0 Å². The van der Waals surface area contributed by atoms with Crippen LogP contribution in [0.25, 0.3) is 5.69 Å². The first-order chi connectivity index (χ1) is 11.5. The Labute approximate surface area is 140 Å². The van der Waals surface area contributed by atoms with Gasteiger partial charge in [0.1, 0.15) is 6.04 Å². The Morgan fingerprint density at radius 2 is 1.71 bits per heavy atom. The van der Waals surface area contributed by atoms with E-state index in [2.05, 4.69) is 26.1 Å². The molecule has 0 fully saturated rings. The van der Waals surface area contributed by atoms with E-state index in [4.69, 9.17) is 0 Å². The largest absolute Gasteiger partial charge is 0.352 e. The number of nitrogens with one attached hydrogen (secondary N) is 3. The summed E-state index contributed by atoms with van der Waals surface area (Å²) >= 11 is 0. The molecular formula is C16H22N6O2. The molecule has 1 aromatic heterocycles. The fourth-order valence-electron chi connectivity index (χ4n) is 1.93. The van der Waals surface area contributed by atoms with Gasteiger partial charge in [0.2, 0.25) is 5.91 Å². The van der Waals surface area contributed by atoms with Crippen LogP contribution in [0, 0.1) is 0 Å². The Morgan fingerprint density at radius 1 is 1.08 bits per heavy atom. The first-order valence-electron chi connectivity index (χ1n) is 7.84. The number of carbonyl (C=O) groups excluding carboxylic acids is 2. The van der Waals surface area contributed by atoms with Crippen molar-refractivity contribution in [1.29, 1.82) is 0 Å². The smallest absolute Gasteiger partial charge is 0.319 e. The summed E-state index contributed by atoms with van der Waals surface area (Å²) in [6.45, 7) is 5.54. The van der Waals surface area contributed by atoms with Crippen LogP contribution in [-0.4, -0.2) is 39.0 Å². The molecule has 8 nitrogen and oxygen atoms in total. The monoisotopic (exact) mass is 330 g/mol. The molecule has 3 N–H and O–H groups in total. The van der Waals surface area contributed by atoms with Gasteiger partial charge in [-0.1, -0.05) is 6.92 Å². The first-order valence-corrected chi connectivity index (χ1v) is 7.84. The second kappa shape index (κ2) is 8.09. The summed E-state index contributed by atoms with van der Waals surface area (Å²) in [5.74, 6) is -0.209. The van der Waals surface area contributed by atoms with Crippen LogP contribution in [0.1, 0.15) is 27.2 Å². The van der Waals surface area contributed by atoms with E-state index < -0.39 is 12.1 Å². The highest BCUT2D eigenvalue weighted by Gasteiger charge is 2.16. The zero-order chi connectivity index (χ0) is 17.5. The van der Waals surface area contributed by atoms with Crippen molar-refractivity contribution >= 4 is 17.6 Å². The quantitative estimate of drug-likeness (QED) is 0.750. The molecule has 0 spiro atoms. The molecule has 1 heterocycles. The summed E-state index contributed by atoms with van der Waals surface area (Å²) in [6.07, 6.45) is 4.01. The van der Waals surface area contributed by atoms with Crippen LogP contribution in [0.15, 0.2) is 36.7 Å². The van der Waals surface area contributed by atoms with Gasteiger partial charge >= 0.3 is 6.03 Å². The Bertz CT molecular complexity index is 668. The van der Waals surface area contributed by atoms with Crippen LogP contribution in [0.2, 0.25) is 0 Å². The van der Waals surface area contributed by atoms with Gasteiger partial charge < -0.3 is 16.0 Å². The van der Waals surface area contributed by atoms with Crippen molar-refractivity contribution < 1.29 is 9.59 Å². The molecule has 0 saturated heterocycles. The van der Waals surface area contributed by atoms with Gasteiger partial charge in [-0.05, 0) is 44.5 Å². The van der Waals surface area contributed by atoms with Crippen LogP contribution >= 0.6 is 0 Å². The van der Waals surface area contributed by atoms with Gasteiger partial charge in [0, 0.05) is 11.7 Å². The van der Waals surface area contributed by atoms with E-state index >= 15 is 0 Å². The SMILES string of the molecule is CC[C@H](C)NC(=O)[C@H](C)NC(=O)Nc1ccc(-n2nccn2)cc1. The molecule has 2 aromatic rings. The fraction of sp³-hybridized carbons (Fsp3) is 0.375. The van der Waals surface area contributed by atoms with E-state index in [-0.39, 0.29) is 11.9 Å². The molecule has 0 aliphatic heterocycles. The average Bonchev–Trinajstić information content (AvgIpc) is 3.09. The molecule has 0 unspecified atom stereocenters.